The Balaban J connectivity index is 1.48. The zero-order chi connectivity index (χ0) is 16.8. The van der Waals surface area contributed by atoms with Gasteiger partial charge in [-0.2, -0.15) is 0 Å². The molecule has 1 aliphatic heterocycles. The summed E-state index contributed by atoms with van der Waals surface area (Å²) in [6.07, 6.45) is 5.42. The first-order valence-electron chi connectivity index (χ1n) is 8.48. The van der Waals surface area contributed by atoms with Crippen LogP contribution in [0, 0.1) is 5.41 Å². The summed E-state index contributed by atoms with van der Waals surface area (Å²) in [7, 11) is 0. The van der Waals surface area contributed by atoms with E-state index in [2.05, 4.69) is 4.98 Å². The third-order valence-corrected chi connectivity index (χ3v) is 5.62. The minimum Gasteiger partial charge on any atom is -0.342 e. The number of benzene rings is 1. The summed E-state index contributed by atoms with van der Waals surface area (Å²) < 4.78 is 27.2. The second-order valence-electron chi connectivity index (χ2n) is 7.09. The first-order chi connectivity index (χ1) is 11.5. The number of pyridine rings is 1. The first-order valence-corrected chi connectivity index (χ1v) is 8.48. The number of carbonyl (C=O) groups is 1. The van der Waals surface area contributed by atoms with Gasteiger partial charge in [-0.15, -0.1) is 0 Å². The molecule has 1 spiro atoms. The van der Waals surface area contributed by atoms with E-state index in [1.54, 1.807) is 17.3 Å². The highest BCUT2D eigenvalue weighted by molar-refractivity contribution is 5.89. The number of amides is 1. The van der Waals surface area contributed by atoms with Crippen molar-refractivity contribution < 1.29 is 13.6 Å². The molecule has 1 saturated carbocycles. The molecule has 1 aromatic carbocycles. The second kappa shape index (κ2) is 5.50. The van der Waals surface area contributed by atoms with Gasteiger partial charge in [0, 0.05) is 42.7 Å². The van der Waals surface area contributed by atoms with Crippen LogP contribution in [0.2, 0.25) is 0 Å². The van der Waals surface area contributed by atoms with Crippen LogP contribution in [0.4, 0.5) is 8.78 Å². The van der Waals surface area contributed by atoms with Crippen LogP contribution in [0.15, 0.2) is 36.7 Å². The predicted octanol–water partition coefficient (Wildman–Crippen LogP) is 3.82. The van der Waals surface area contributed by atoms with Crippen LogP contribution in [0.5, 0.6) is 0 Å². The van der Waals surface area contributed by atoms with E-state index in [4.69, 9.17) is 0 Å². The minimum atomic E-state index is -2.52. The van der Waals surface area contributed by atoms with Gasteiger partial charge < -0.3 is 4.90 Å². The Hall–Kier alpha value is -2.04. The number of likely N-dealkylation sites (tertiary alicyclic amines) is 1. The van der Waals surface area contributed by atoms with E-state index in [1.165, 1.54) is 0 Å². The molecule has 3 nitrogen and oxygen atoms in total. The monoisotopic (exact) mass is 330 g/mol. The zero-order valence-corrected chi connectivity index (χ0v) is 13.5. The number of alkyl halides is 2. The van der Waals surface area contributed by atoms with Gasteiger partial charge in [0.25, 0.3) is 5.92 Å². The molecule has 0 bridgehead atoms. The summed E-state index contributed by atoms with van der Waals surface area (Å²) in [5, 5.41) is 2.04. The van der Waals surface area contributed by atoms with Crippen LogP contribution >= 0.6 is 0 Å². The van der Waals surface area contributed by atoms with E-state index in [0.717, 1.165) is 16.3 Å². The van der Waals surface area contributed by atoms with E-state index < -0.39 is 11.3 Å². The number of carbonyl (C=O) groups excluding carboxylic acids is 1. The largest absolute Gasteiger partial charge is 0.342 e. The summed E-state index contributed by atoms with van der Waals surface area (Å²) in [5.41, 5.74) is 0.118. The third kappa shape index (κ3) is 2.56. The number of hydrogen-bond acceptors (Lipinski definition) is 2. The molecular formula is C19H20F2N2O. The summed E-state index contributed by atoms with van der Waals surface area (Å²) in [6.45, 7) is 1.02. The van der Waals surface area contributed by atoms with Gasteiger partial charge in [-0.05, 0) is 36.3 Å². The highest BCUT2D eigenvalue weighted by Gasteiger charge is 2.69. The van der Waals surface area contributed by atoms with Gasteiger partial charge in [-0.3, -0.25) is 9.78 Å². The lowest BCUT2D eigenvalue weighted by Gasteiger charge is -2.21. The molecule has 1 atom stereocenters. The Morgan fingerprint density at radius 2 is 2.04 bits per heavy atom. The van der Waals surface area contributed by atoms with Crippen molar-refractivity contribution in [1.29, 1.82) is 0 Å². The lowest BCUT2D eigenvalue weighted by Crippen LogP contribution is -2.33. The number of aromatic nitrogens is 1. The Bertz CT molecular complexity index is 787. The quantitative estimate of drug-likeness (QED) is 0.839. The lowest BCUT2D eigenvalue weighted by atomic mass is 9.97. The lowest BCUT2D eigenvalue weighted by molar-refractivity contribution is -0.130. The van der Waals surface area contributed by atoms with E-state index in [-0.39, 0.29) is 12.3 Å². The summed E-state index contributed by atoms with van der Waals surface area (Å²) >= 11 is 0. The minimum absolute atomic E-state index is 0.00295. The first kappa shape index (κ1) is 15.5. The fourth-order valence-electron chi connectivity index (χ4n) is 3.97. The van der Waals surface area contributed by atoms with E-state index in [9.17, 15) is 13.6 Å². The average molecular weight is 330 g/mol. The van der Waals surface area contributed by atoms with Crippen LogP contribution in [0.25, 0.3) is 10.8 Å². The average Bonchev–Trinajstić information content (AvgIpc) is 3.19. The molecule has 5 heteroatoms. The maximum absolute atomic E-state index is 13.6. The van der Waals surface area contributed by atoms with Crippen molar-refractivity contribution in [2.24, 2.45) is 5.41 Å². The van der Waals surface area contributed by atoms with E-state index >= 15 is 0 Å². The Morgan fingerprint density at radius 3 is 2.83 bits per heavy atom. The third-order valence-electron chi connectivity index (χ3n) is 5.62. The number of rotatable bonds is 2. The molecular weight excluding hydrogens is 310 g/mol. The van der Waals surface area contributed by atoms with E-state index in [1.807, 2.05) is 24.3 Å². The fraction of sp³-hybridized carbons (Fsp3) is 0.474. The van der Waals surface area contributed by atoms with Crippen LogP contribution in [0.3, 0.4) is 0 Å². The number of nitrogens with zero attached hydrogens (tertiary/aromatic N) is 2. The smallest absolute Gasteiger partial charge is 0.254 e. The number of fused-ring (bicyclic) bond motifs is 1. The van der Waals surface area contributed by atoms with Gasteiger partial charge in [0.05, 0.1) is 6.42 Å². The molecule has 2 aromatic rings. The summed E-state index contributed by atoms with van der Waals surface area (Å²) in [6, 6.07) is 7.80. The van der Waals surface area contributed by atoms with Gasteiger partial charge >= 0.3 is 0 Å². The second-order valence-corrected chi connectivity index (χ2v) is 7.09. The van der Waals surface area contributed by atoms with Crippen molar-refractivity contribution in [3.8, 4) is 0 Å². The molecule has 4 rings (SSSR count). The number of hydrogen-bond donors (Lipinski definition) is 0. The SMILES string of the molecule is O=C(Cc1cccc2ccncc12)N1CCCC2(CC1)CC2(F)F. The maximum atomic E-state index is 13.6. The topological polar surface area (TPSA) is 33.2 Å². The molecule has 126 valence electrons. The Morgan fingerprint density at radius 1 is 1.21 bits per heavy atom. The molecule has 1 saturated heterocycles. The van der Waals surface area contributed by atoms with Gasteiger partial charge in [-0.1, -0.05) is 18.2 Å². The molecule has 1 aromatic heterocycles. The summed E-state index contributed by atoms with van der Waals surface area (Å²) in [5.74, 6) is -2.50. The fourth-order valence-corrected chi connectivity index (χ4v) is 3.97. The molecule has 24 heavy (non-hydrogen) atoms. The van der Waals surface area contributed by atoms with Crippen molar-refractivity contribution in [1.82, 2.24) is 9.88 Å². The van der Waals surface area contributed by atoms with Gasteiger partial charge in [0.2, 0.25) is 5.91 Å². The van der Waals surface area contributed by atoms with Crippen molar-refractivity contribution in [2.75, 3.05) is 13.1 Å². The molecule has 2 fully saturated rings. The molecule has 0 radical (unpaired) electrons. The van der Waals surface area contributed by atoms with Crippen molar-refractivity contribution in [3.05, 3.63) is 42.2 Å². The van der Waals surface area contributed by atoms with Crippen LogP contribution in [0.1, 0.15) is 31.2 Å². The molecule has 1 unspecified atom stereocenters. The summed E-state index contributed by atoms with van der Waals surface area (Å²) in [4.78, 5) is 18.6. The van der Waals surface area contributed by atoms with Crippen molar-refractivity contribution >= 4 is 16.7 Å². The normalized spacial score (nSPS) is 25.7. The van der Waals surface area contributed by atoms with Gasteiger partial charge in [0.1, 0.15) is 0 Å². The molecule has 0 N–H and O–H groups in total. The predicted molar refractivity (Wildman–Crippen MR) is 87.9 cm³/mol. The van der Waals surface area contributed by atoms with Crippen molar-refractivity contribution in [2.45, 2.75) is 38.0 Å². The van der Waals surface area contributed by atoms with E-state index in [0.29, 0.717) is 38.8 Å². The van der Waals surface area contributed by atoms with Crippen LogP contribution in [-0.4, -0.2) is 34.8 Å². The maximum Gasteiger partial charge on any atom is 0.254 e. The van der Waals surface area contributed by atoms with Gasteiger partial charge in [-0.25, -0.2) is 8.78 Å². The molecule has 2 aliphatic rings. The standard InChI is InChI=1S/C19H20F2N2O/c20-19(21)13-18(19)6-2-9-23(10-7-18)17(24)11-15-4-1-3-14-5-8-22-12-16(14)15/h1,3-5,8,12H,2,6-7,9-11,13H2. The molecule has 1 aliphatic carbocycles. The van der Waals surface area contributed by atoms with Crippen LogP contribution in [-0.2, 0) is 11.2 Å². The highest BCUT2D eigenvalue weighted by atomic mass is 19.3. The Kier molecular flexibility index (Phi) is 3.55. The van der Waals surface area contributed by atoms with Crippen molar-refractivity contribution in [3.63, 3.8) is 0 Å². The highest BCUT2D eigenvalue weighted by Crippen LogP contribution is 2.65. The molecule has 1 amide bonds. The van der Waals surface area contributed by atoms with Crippen LogP contribution < -0.4 is 0 Å². The Labute approximate surface area is 139 Å². The number of halogens is 2. The van der Waals surface area contributed by atoms with Gasteiger partial charge in [0.15, 0.2) is 0 Å². The molecule has 2 heterocycles. The zero-order valence-electron chi connectivity index (χ0n) is 13.5.